The summed E-state index contributed by atoms with van der Waals surface area (Å²) in [5.74, 6) is 0.420. The van der Waals surface area contributed by atoms with Crippen LogP contribution in [0, 0.1) is 5.92 Å². The van der Waals surface area contributed by atoms with Crippen molar-refractivity contribution in [3.63, 3.8) is 0 Å². The number of rotatable bonds is 2. The molecule has 1 aliphatic rings. The Morgan fingerprint density at radius 3 is 2.50 bits per heavy atom. The summed E-state index contributed by atoms with van der Waals surface area (Å²) in [6.45, 7) is 4.89. The summed E-state index contributed by atoms with van der Waals surface area (Å²) in [5, 5.41) is 0. The Morgan fingerprint density at radius 1 is 1.21 bits per heavy atom. The minimum Gasteiger partial charge on any atom is -0.349 e. The van der Waals surface area contributed by atoms with E-state index in [9.17, 15) is 0 Å². The Bertz CT molecular complexity index is 282. The molecule has 2 atom stereocenters. The predicted molar refractivity (Wildman–Crippen MR) is 54.8 cm³/mol. The molecule has 0 saturated carbocycles. The zero-order chi connectivity index (χ0) is 9.97. The number of ether oxygens (including phenoxy) is 2. The highest BCUT2D eigenvalue weighted by Crippen LogP contribution is 2.29. The van der Waals surface area contributed by atoms with E-state index in [0.717, 1.165) is 0 Å². The molecule has 0 radical (unpaired) electrons. The highest BCUT2D eigenvalue weighted by molar-refractivity contribution is 5.18. The summed E-state index contributed by atoms with van der Waals surface area (Å²) in [7, 11) is 0. The van der Waals surface area contributed by atoms with Gasteiger partial charge >= 0.3 is 0 Å². The van der Waals surface area contributed by atoms with Gasteiger partial charge in [0.05, 0.1) is 6.61 Å². The molecule has 0 aliphatic carbocycles. The molecule has 0 amide bonds. The molecule has 0 spiro atoms. The third-order valence-electron chi connectivity index (χ3n) is 2.43. The van der Waals surface area contributed by atoms with Gasteiger partial charge < -0.3 is 9.47 Å². The molecule has 1 fully saturated rings. The van der Waals surface area contributed by atoms with Crippen molar-refractivity contribution in [3.05, 3.63) is 35.9 Å². The first kappa shape index (κ1) is 9.69. The number of hydrogen-bond donors (Lipinski definition) is 0. The van der Waals surface area contributed by atoms with Crippen molar-refractivity contribution >= 4 is 0 Å². The number of hydrogen-bond acceptors (Lipinski definition) is 2. The first-order valence-corrected chi connectivity index (χ1v) is 5.09. The molecule has 1 aliphatic heterocycles. The Balaban J connectivity index is 2.03. The second kappa shape index (κ2) is 4.11. The molecule has 1 aromatic rings. The third kappa shape index (κ3) is 1.97. The van der Waals surface area contributed by atoms with Crippen molar-refractivity contribution in [3.8, 4) is 0 Å². The van der Waals surface area contributed by atoms with Crippen LogP contribution < -0.4 is 0 Å². The van der Waals surface area contributed by atoms with Gasteiger partial charge in [0.1, 0.15) is 6.10 Å². The zero-order valence-corrected chi connectivity index (χ0v) is 8.64. The fourth-order valence-electron chi connectivity index (χ4n) is 1.61. The molecule has 2 heteroatoms. The topological polar surface area (TPSA) is 18.5 Å². The minimum atomic E-state index is -0.0415. The van der Waals surface area contributed by atoms with Crippen molar-refractivity contribution in [1.82, 2.24) is 0 Å². The summed E-state index contributed by atoms with van der Waals surface area (Å²) in [6.07, 6.45) is 0.0730. The van der Waals surface area contributed by atoms with Crippen LogP contribution in [0.1, 0.15) is 25.5 Å². The van der Waals surface area contributed by atoms with Crippen LogP contribution in [0.2, 0.25) is 0 Å². The summed E-state index contributed by atoms with van der Waals surface area (Å²) < 4.78 is 11.3. The highest BCUT2D eigenvalue weighted by atomic mass is 16.7. The standard InChI is InChI=1S/C12H16O2/c1-9(2)12-13-8-11(14-12)10-6-4-3-5-7-10/h3-7,9,11-12H,8H2,1-2H3/t11-,12+/m0/s1. The summed E-state index contributed by atoms with van der Waals surface area (Å²) in [4.78, 5) is 0. The average molecular weight is 192 g/mol. The fourth-order valence-corrected chi connectivity index (χ4v) is 1.61. The average Bonchev–Trinajstić information content (AvgIpc) is 2.68. The lowest BCUT2D eigenvalue weighted by atomic mass is 10.1. The molecule has 1 aromatic carbocycles. The lowest BCUT2D eigenvalue weighted by Gasteiger charge is -2.14. The second-order valence-corrected chi connectivity index (χ2v) is 3.98. The van der Waals surface area contributed by atoms with Crippen LogP contribution >= 0.6 is 0 Å². The van der Waals surface area contributed by atoms with Gasteiger partial charge in [-0.15, -0.1) is 0 Å². The summed E-state index contributed by atoms with van der Waals surface area (Å²) in [6, 6.07) is 10.2. The van der Waals surface area contributed by atoms with Crippen LogP contribution in [0.4, 0.5) is 0 Å². The van der Waals surface area contributed by atoms with Crippen LogP contribution in [0.25, 0.3) is 0 Å². The molecular weight excluding hydrogens is 176 g/mol. The van der Waals surface area contributed by atoms with Gasteiger partial charge in [0.25, 0.3) is 0 Å². The van der Waals surface area contributed by atoms with E-state index < -0.39 is 0 Å². The lowest BCUT2D eigenvalue weighted by Crippen LogP contribution is -2.15. The van der Waals surface area contributed by atoms with Crippen LogP contribution in [0.15, 0.2) is 30.3 Å². The summed E-state index contributed by atoms with van der Waals surface area (Å²) in [5.41, 5.74) is 1.20. The lowest BCUT2D eigenvalue weighted by molar-refractivity contribution is -0.0877. The van der Waals surface area contributed by atoms with Crippen molar-refractivity contribution in [2.45, 2.75) is 26.2 Å². The third-order valence-corrected chi connectivity index (χ3v) is 2.43. The van der Waals surface area contributed by atoms with Gasteiger partial charge in [0.15, 0.2) is 6.29 Å². The van der Waals surface area contributed by atoms with E-state index in [1.165, 1.54) is 5.56 Å². The molecule has 0 bridgehead atoms. The maximum atomic E-state index is 5.79. The second-order valence-electron chi connectivity index (χ2n) is 3.98. The van der Waals surface area contributed by atoms with Crippen LogP contribution in [0.5, 0.6) is 0 Å². The maximum Gasteiger partial charge on any atom is 0.160 e. The van der Waals surface area contributed by atoms with E-state index >= 15 is 0 Å². The van der Waals surface area contributed by atoms with Crippen LogP contribution in [0.3, 0.4) is 0 Å². The van der Waals surface area contributed by atoms with E-state index in [-0.39, 0.29) is 12.4 Å². The first-order chi connectivity index (χ1) is 6.77. The molecule has 2 nitrogen and oxygen atoms in total. The molecule has 76 valence electrons. The Kier molecular flexibility index (Phi) is 2.85. The normalized spacial score (nSPS) is 27.1. The molecule has 2 rings (SSSR count). The van der Waals surface area contributed by atoms with Gasteiger partial charge in [-0.05, 0) is 5.56 Å². The first-order valence-electron chi connectivity index (χ1n) is 5.09. The SMILES string of the molecule is CC(C)[C@@H]1OC[C@@H](c2ccccc2)O1. The minimum absolute atomic E-state index is 0.0415. The van der Waals surface area contributed by atoms with Gasteiger partial charge in [0, 0.05) is 5.92 Å². The van der Waals surface area contributed by atoms with Gasteiger partial charge in [-0.25, -0.2) is 0 Å². The van der Waals surface area contributed by atoms with E-state index in [4.69, 9.17) is 9.47 Å². The fraction of sp³-hybridized carbons (Fsp3) is 0.500. The Hall–Kier alpha value is -0.860. The molecule has 14 heavy (non-hydrogen) atoms. The van der Waals surface area contributed by atoms with E-state index in [1.807, 2.05) is 18.2 Å². The number of benzene rings is 1. The van der Waals surface area contributed by atoms with Crippen molar-refractivity contribution in [2.75, 3.05) is 6.61 Å². The Labute approximate surface area is 84.8 Å². The highest BCUT2D eigenvalue weighted by Gasteiger charge is 2.28. The molecular formula is C12H16O2. The van der Waals surface area contributed by atoms with Gasteiger partial charge in [-0.1, -0.05) is 44.2 Å². The van der Waals surface area contributed by atoms with Crippen molar-refractivity contribution < 1.29 is 9.47 Å². The van der Waals surface area contributed by atoms with Gasteiger partial charge in [0.2, 0.25) is 0 Å². The van der Waals surface area contributed by atoms with Crippen LogP contribution in [-0.4, -0.2) is 12.9 Å². The van der Waals surface area contributed by atoms with E-state index in [0.29, 0.717) is 12.5 Å². The largest absolute Gasteiger partial charge is 0.349 e. The monoisotopic (exact) mass is 192 g/mol. The Morgan fingerprint density at radius 2 is 1.93 bits per heavy atom. The predicted octanol–water partition coefficient (Wildman–Crippen LogP) is 2.76. The van der Waals surface area contributed by atoms with Gasteiger partial charge in [-0.2, -0.15) is 0 Å². The molecule has 0 N–H and O–H groups in total. The van der Waals surface area contributed by atoms with Crippen LogP contribution in [-0.2, 0) is 9.47 Å². The van der Waals surface area contributed by atoms with Gasteiger partial charge in [-0.3, -0.25) is 0 Å². The zero-order valence-electron chi connectivity index (χ0n) is 8.64. The smallest absolute Gasteiger partial charge is 0.160 e. The van der Waals surface area contributed by atoms with E-state index in [2.05, 4.69) is 26.0 Å². The van der Waals surface area contributed by atoms with E-state index in [1.54, 1.807) is 0 Å². The molecule has 0 aromatic heterocycles. The molecule has 1 saturated heterocycles. The summed E-state index contributed by atoms with van der Waals surface area (Å²) >= 11 is 0. The van der Waals surface area contributed by atoms with Crippen molar-refractivity contribution in [1.29, 1.82) is 0 Å². The van der Waals surface area contributed by atoms with Crippen molar-refractivity contribution in [2.24, 2.45) is 5.92 Å². The quantitative estimate of drug-likeness (QED) is 0.717. The molecule has 0 unspecified atom stereocenters. The maximum absolute atomic E-state index is 5.79. The molecule has 1 heterocycles.